The third-order valence-electron chi connectivity index (χ3n) is 2.59. The van der Waals surface area contributed by atoms with Gasteiger partial charge in [-0.3, -0.25) is 0 Å². The average molecular weight is 233 g/mol. The van der Waals surface area contributed by atoms with Crippen LogP contribution in [0.3, 0.4) is 0 Å². The molecule has 0 spiro atoms. The second-order valence-corrected chi connectivity index (χ2v) is 3.49. The van der Waals surface area contributed by atoms with Gasteiger partial charge in [0.15, 0.2) is 11.5 Å². The first kappa shape index (κ1) is 11.4. The second kappa shape index (κ2) is 4.82. The Morgan fingerprint density at radius 1 is 0.882 bits per heavy atom. The fraction of sp³-hybridized carbons (Fsp3) is 0.231. The molecule has 1 aromatic carbocycles. The Bertz CT molecular complexity index is 492. The molecular weight excluding hydrogens is 218 g/mol. The van der Waals surface area contributed by atoms with Crippen LogP contribution in [0.25, 0.3) is 11.3 Å². The number of H-pyrrole nitrogens is 1. The zero-order valence-corrected chi connectivity index (χ0v) is 10.1. The van der Waals surface area contributed by atoms with E-state index in [0.717, 1.165) is 17.0 Å². The average Bonchev–Trinajstić information content (AvgIpc) is 2.90. The largest absolute Gasteiger partial charge is 0.496 e. The normalized spacial score (nSPS) is 10.1. The topological polar surface area (TPSA) is 43.5 Å². The summed E-state index contributed by atoms with van der Waals surface area (Å²) in [6.07, 6.45) is 1.87. The van der Waals surface area contributed by atoms with Gasteiger partial charge in [-0.2, -0.15) is 0 Å². The molecule has 2 aromatic rings. The van der Waals surface area contributed by atoms with Crippen molar-refractivity contribution in [2.75, 3.05) is 21.3 Å². The maximum absolute atomic E-state index is 5.36. The summed E-state index contributed by atoms with van der Waals surface area (Å²) < 4.78 is 15.9. The Kier molecular flexibility index (Phi) is 3.23. The number of aromatic nitrogens is 1. The summed E-state index contributed by atoms with van der Waals surface area (Å²) in [5.41, 5.74) is 1.91. The molecular formula is C13H15NO3. The molecule has 0 atom stereocenters. The zero-order chi connectivity index (χ0) is 12.3. The standard InChI is InChI=1S/C13H15NO3/c1-15-11-8-13(17-3)12(16-2)7-9(11)10-5-4-6-14-10/h4-8,14H,1-3H3. The van der Waals surface area contributed by atoms with Gasteiger partial charge in [0.25, 0.3) is 0 Å². The number of benzene rings is 1. The van der Waals surface area contributed by atoms with Gasteiger partial charge >= 0.3 is 0 Å². The highest BCUT2D eigenvalue weighted by Gasteiger charge is 2.13. The lowest BCUT2D eigenvalue weighted by atomic mass is 10.1. The Hall–Kier alpha value is -2.10. The second-order valence-electron chi connectivity index (χ2n) is 3.49. The monoisotopic (exact) mass is 233 g/mol. The summed E-state index contributed by atoms with van der Waals surface area (Å²) in [6.45, 7) is 0. The minimum Gasteiger partial charge on any atom is -0.496 e. The number of aromatic amines is 1. The van der Waals surface area contributed by atoms with Crippen molar-refractivity contribution in [1.82, 2.24) is 4.98 Å². The van der Waals surface area contributed by atoms with E-state index in [1.165, 1.54) is 0 Å². The quantitative estimate of drug-likeness (QED) is 0.883. The first-order valence-electron chi connectivity index (χ1n) is 5.24. The van der Waals surface area contributed by atoms with E-state index in [1.807, 2.05) is 30.5 Å². The fourth-order valence-corrected chi connectivity index (χ4v) is 1.74. The van der Waals surface area contributed by atoms with Crippen LogP contribution < -0.4 is 14.2 Å². The van der Waals surface area contributed by atoms with Gasteiger partial charge in [-0.15, -0.1) is 0 Å². The molecule has 0 radical (unpaired) electrons. The highest BCUT2D eigenvalue weighted by Crippen LogP contribution is 2.39. The molecule has 1 heterocycles. The van der Waals surface area contributed by atoms with E-state index >= 15 is 0 Å². The van der Waals surface area contributed by atoms with Gasteiger partial charge in [0, 0.05) is 23.5 Å². The van der Waals surface area contributed by atoms with Crippen LogP contribution >= 0.6 is 0 Å². The SMILES string of the molecule is COc1cc(OC)c(-c2ccc[nH]2)cc1OC. The molecule has 1 aromatic heterocycles. The highest BCUT2D eigenvalue weighted by atomic mass is 16.5. The molecule has 1 N–H and O–H groups in total. The maximum Gasteiger partial charge on any atom is 0.164 e. The van der Waals surface area contributed by atoms with E-state index in [2.05, 4.69) is 4.98 Å². The third kappa shape index (κ3) is 2.06. The van der Waals surface area contributed by atoms with Crippen molar-refractivity contribution in [2.24, 2.45) is 0 Å². The Balaban J connectivity index is 2.58. The maximum atomic E-state index is 5.36. The first-order valence-corrected chi connectivity index (χ1v) is 5.24. The summed E-state index contributed by atoms with van der Waals surface area (Å²) >= 11 is 0. The van der Waals surface area contributed by atoms with Crippen molar-refractivity contribution in [3.8, 4) is 28.5 Å². The Morgan fingerprint density at radius 2 is 1.53 bits per heavy atom. The summed E-state index contributed by atoms with van der Waals surface area (Å²) in [4.78, 5) is 3.14. The fourth-order valence-electron chi connectivity index (χ4n) is 1.74. The molecule has 4 nitrogen and oxygen atoms in total. The lowest BCUT2D eigenvalue weighted by molar-refractivity contribution is 0.349. The molecule has 0 saturated carbocycles. The minimum atomic E-state index is 0.652. The molecule has 4 heteroatoms. The van der Waals surface area contributed by atoms with Gasteiger partial charge in [0.2, 0.25) is 0 Å². The van der Waals surface area contributed by atoms with Gasteiger partial charge in [-0.25, -0.2) is 0 Å². The lowest BCUT2D eigenvalue weighted by Gasteiger charge is -2.13. The number of hydrogen-bond acceptors (Lipinski definition) is 3. The molecule has 0 amide bonds. The van der Waals surface area contributed by atoms with E-state index in [-0.39, 0.29) is 0 Å². The number of nitrogens with one attached hydrogen (secondary N) is 1. The first-order chi connectivity index (χ1) is 8.30. The molecule has 0 aliphatic rings. The van der Waals surface area contributed by atoms with Crippen molar-refractivity contribution in [3.63, 3.8) is 0 Å². The van der Waals surface area contributed by atoms with Crippen molar-refractivity contribution < 1.29 is 14.2 Å². The molecule has 0 fully saturated rings. The van der Waals surface area contributed by atoms with E-state index in [4.69, 9.17) is 14.2 Å². The molecule has 0 aliphatic heterocycles. The number of ether oxygens (including phenoxy) is 3. The van der Waals surface area contributed by atoms with Crippen molar-refractivity contribution in [1.29, 1.82) is 0 Å². The van der Waals surface area contributed by atoms with E-state index in [9.17, 15) is 0 Å². The molecule has 0 aliphatic carbocycles. The molecule has 2 rings (SSSR count). The van der Waals surface area contributed by atoms with Crippen molar-refractivity contribution >= 4 is 0 Å². The molecule has 0 saturated heterocycles. The van der Waals surface area contributed by atoms with Crippen LogP contribution in [0.15, 0.2) is 30.5 Å². The smallest absolute Gasteiger partial charge is 0.164 e. The molecule has 0 bridgehead atoms. The highest BCUT2D eigenvalue weighted by molar-refractivity contribution is 5.71. The van der Waals surface area contributed by atoms with Crippen LogP contribution in [0.5, 0.6) is 17.2 Å². The molecule has 0 unspecified atom stereocenters. The van der Waals surface area contributed by atoms with Gasteiger partial charge < -0.3 is 19.2 Å². The lowest BCUT2D eigenvalue weighted by Crippen LogP contribution is -1.94. The van der Waals surface area contributed by atoms with Gasteiger partial charge in [0.05, 0.1) is 21.3 Å². The van der Waals surface area contributed by atoms with Crippen molar-refractivity contribution in [3.05, 3.63) is 30.5 Å². The summed E-state index contributed by atoms with van der Waals surface area (Å²) in [5, 5.41) is 0. The number of methoxy groups -OCH3 is 3. The van der Waals surface area contributed by atoms with E-state index in [0.29, 0.717) is 11.5 Å². The van der Waals surface area contributed by atoms with E-state index < -0.39 is 0 Å². The predicted molar refractivity (Wildman–Crippen MR) is 65.9 cm³/mol. The minimum absolute atomic E-state index is 0.652. The summed E-state index contributed by atoms with van der Waals surface area (Å²) in [6, 6.07) is 7.62. The van der Waals surface area contributed by atoms with Crippen molar-refractivity contribution in [2.45, 2.75) is 0 Å². The molecule has 90 valence electrons. The van der Waals surface area contributed by atoms with Crippen LogP contribution in [-0.4, -0.2) is 26.3 Å². The zero-order valence-electron chi connectivity index (χ0n) is 10.1. The van der Waals surface area contributed by atoms with Gasteiger partial charge in [-0.1, -0.05) is 0 Å². The Labute approximate surface area is 100 Å². The van der Waals surface area contributed by atoms with Gasteiger partial charge in [0.1, 0.15) is 5.75 Å². The van der Waals surface area contributed by atoms with Crippen LogP contribution in [-0.2, 0) is 0 Å². The van der Waals surface area contributed by atoms with Crippen LogP contribution in [0, 0.1) is 0 Å². The van der Waals surface area contributed by atoms with Gasteiger partial charge in [-0.05, 0) is 18.2 Å². The Morgan fingerprint density at radius 3 is 2.06 bits per heavy atom. The third-order valence-corrected chi connectivity index (χ3v) is 2.59. The summed E-state index contributed by atoms with van der Waals surface area (Å²) in [5.74, 6) is 2.07. The van der Waals surface area contributed by atoms with Crippen LogP contribution in [0.2, 0.25) is 0 Å². The predicted octanol–water partition coefficient (Wildman–Crippen LogP) is 2.71. The van der Waals surface area contributed by atoms with E-state index in [1.54, 1.807) is 21.3 Å². The number of hydrogen-bond donors (Lipinski definition) is 1. The van der Waals surface area contributed by atoms with Crippen LogP contribution in [0.1, 0.15) is 0 Å². The number of rotatable bonds is 4. The van der Waals surface area contributed by atoms with Crippen LogP contribution in [0.4, 0.5) is 0 Å². The molecule has 17 heavy (non-hydrogen) atoms. The summed E-state index contributed by atoms with van der Waals surface area (Å²) in [7, 11) is 4.85.